The molecule has 0 bridgehead atoms. The molecule has 2 heterocycles. The zero-order chi connectivity index (χ0) is 10.8. The van der Waals surface area contributed by atoms with Crippen molar-refractivity contribution in [1.29, 1.82) is 0 Å². The molecular formula is C9H8IN5. The lowest BCUT2D eigenvalue weighted by Crippen LogP contribution is -2.01. The number of anilines is 1. The summed E-state index contributed by atoms with van der Waals surface area (Å²) in [5, 5.41) is 5.11. The van der Waals surface area contributed by atoms with Gasteiger partial charge in [0.1, 0.15) is 15.8 Å². The Morgan fingerprint density at radius 1 is 1.53 bits per heavy atom. The second kappa shape index (κ2) is 4.02. The fraction of sp³-hybridized carbons (Fsp3) is 0.222. The Balaban J connectivity index is 2.59. The third kappa shape index (κ3) is 1.74. The van der Waals surface area contributed by atoms with E-state index in [1.165, 1.54) is 6.33 Å². The Morgan fingerprint density at radius 2 is 2.33 bits per heavy atom. The Hall–Kier alpha value is -1.36. The first-order chi connectivity index (χ1) is 7.24. The number of halogens is 1. The maximum atomic E-state index is 5.75. The highest BCUT2D eigenvalue weighted by atomic mass is 127. The van der Waals surface area contributed by atoms with Crippen LogP contribution in [0.2, 0.25) is 0 Å². The summed E-state index contributed by atoms with van der Waals surface area (Å²) in [6, 6.07) is 0. The van der Waals surface area contributed by atoms with Crippen LogP contribution in [0.15, 0.2) is 6.33 Å². The SMILES string of the molecule is C#CCCn1nc(I)c2c(N)ncnc21. The molecule has 0 saturated heterocycles. The molecule has 5 nitrogen and oxygen atoms in total. The molecule has 0 atom stereocenters. The molecule has 0 aliphatic heterocycles. The Bertz CT molecular complexity index is 539. The molecule has 0 aliphatic rings. The van der Waals surface area contributed by atoms with E-state index < -0.39 is 0 Å². The van der Waals surface area contributed by atoms with Gasteiger partial charge in [-0.1, -0.05) is 0 Å². The van der Waals surface area contributed by atoms with Crippen molar-refractivity contribution in [1.82, 2.24) is 19.7 Å². The molecule has 0 radical (unpaired) electrons. The van der Waals surface area contributed by atoms with E-state index in [2.05, 4.69) is 43.6 Å². The molecule has 0 amide bonds. The summed E-state index contributed by atoms with van der Waals surface area (Å²) < 4.78 is 2.56. The van der Waals surface area contributed by atoms with Crippen LogP contribution in [0.3, 0.4) is 0 Å². The lowest BCUT2D eigenvalue weighted by Gasteiger charge is -1.98. The second-order valence-electron chi connectivity index (χ2n) is 2.93. The van der Waals surface area contributed by atoms with Gasteiger partial charge in [0, 0.05) is 6.42 Å². The monoisotopic (exact) mass is 313 g/mol. The predicted octanol–water partition coefficient (Wildman–Crippen LogP) is 1.04. The second-order valence-corrected chi connectivity index (χ2v) is 3.95. The smallest absolute Gasteiger partial charge is 0.164 e. The van der Waals surface area contributed by atoms with Crippen molar-refractivity contribution in [2.24, 2.45) is 0 Å². The van der Waals surface area contributed by atoms with Crippen LogP contribution >= 0.6 is 22.6 Å². The summed E-state index contributed by atoms with van der Waals surface area (Å²) >= 11 is 2.11. The minimum Gasteiger partial charge on any atom is -0.383 e. The lowest BCUT2D eigenvalue weighted by atomic mass is 10.4. The number of hydrogen-bond acceptors (Lipinski definition) is 4. The Labute approximate surface area is 100 Å². The summed E-state index contributed by atoms with van der Waals surface area (Å²) in [6.45, 7) is 0.645. The molecule has 0 aliphatic carbocycles. The van der Waals surface area contributed by atoms with Crippen LogP contribution in [-0.4, -0.2) is 19.7 Å². The number of rotatable bonds is 2. The zero-order valence-corrected chi connectivity index (χ0v) is 9.97. The minimum absolute atomic E-state index is 0.455. The fourth-order valence-corrected chi connectivity index (χ4v) is 2.09. The molecule has 0 unspecified atom stereocenters. The van der Waals surface area contributed by atoms with Crippen molar-refractivity contribution >= 4 is 39.4 Å². The van der Waals surface area contributed by atoms with Gasteiger partial charge in [0.15, 0.2) is 5.65 Å². The van der Waals surface area contributed by atoms with Gasteiger partial charge in [-0.25, -0.2) is 14.6 Å². The number of fused-ring (bicyclic) bond motifs is 1. The van der Waals surface area contributed by atoms with Crippen LogP contribution in [0.4, 0.5) is 5.82 Å². The molecule has 2 aromatic rings. The van der Waals surface area contributed by atoms with Crippen LogP contribution in [0.5, 0.6) is 0 Å². The van der Waals surface area contributed by atoms with Crippen molar-refractivity contribution in [2.75, 3.05) is 5.73 Å². The molecule has 0 saturated carbocycles. The van der Waals surface area contributed by atoms with Crippen molar-refractivity contribution in [3.63, 3.8) is 0 Å². The molecule has 76 valence electrons. The van der Waals surface area contributed by atoms with Gasteiger partial charge in [0.25, 0.3) is 0 Å². The van der Waals surface area contributed by atoms with E-state index in [4.69, 9.17) is 12.2 Å². The summed E-state index contributed by atoms with van der Waals surface area (Å²) in [6.07, 6.45) is 7.26. The third-order valence-electron chi connectivity index (χ3n) is 1.98. The van der Waals surface area contributed by atoms with Crippen LogP contribution in [-0.2, 0) is 6.54 Å². The normalized spacial score (nSPS) is 10.4. The molecule has 2 aromatic heterocycles. The van der Waals surface area contributed by atoms with Crippen molar-refractivity contribution in [2.45, 2.75) is 13.0 Å². The zero-order valence-electron chi connectivity index (χ0n) is 7.81. The van der Waals surface area contributed by atoms with Crippen molar-refractivity contribution in [3.8, 4) is 12.3 Å². The van der Waals surface area contributed by atoms with E-state index in [9.17, 15) is 0 Å². The average molecular weight is 313 g/mol. The fourth-order valence-electron chi connectivity index (χ4n) is 1.31. The first-order valence-electron chi connectivity index (χ1n) is 4.30. The molecular weight excluding hydrogens is 305 g/mol. The molecule has 2 N–H and O–H groups in total. The van der Waals surface area contributed by atoms with E-state index in [1.54, 1.807) is 4.68 Å². The molecule has 15 heavy (non-hydrogen) atoms. The number of nitrogens with two attached hydrogens (primary N) is 1. The summed E-state index contributed by atoms with van der Waals surface area (Å²) in [5.41, 5.74) is 6.49. The van der Waals surface area contributed by atoms with Crippen LogP contribution in [0.1, 0.15) is 6.42 Å². The van der Waals surface area contributed by atoms with E-state index in [1.807, 2.05) is 0 Å². The molecule has 0 fully saturated rings. The van der Waals surface area contributed by atoms with E-state index in [0.29, 0.717) is 18.8 Å². The average Bonchev–Trinajstić information content (AvgIpc) is 2.54. The number of nitrogens with zero attached hydrogens (tertiary/aromatic N) is 4. The van der Waals surface area contributed by atoms with Crippen LogP contribution in [0, 0.1) is 16.0 Å². The number of aromatic nitrogens is 4. The quantitative estimate of drug-likeness (QED) is 0.664. The predicted molar refractivity (Wildman–Crippen MR) is 65.9 cm³/mol. The summed E-state index contributed by atoms with van der Waals surface area (Å²) in [7, 11) is 0. The van der Waals surface area contributed by atoms with Gasteiger partial charge in [0.05, 0.1) is 11.9 Å². The number of aryl methyl sites for hydroxylation is 1. The van der Waals surface area contributed by atoms with Gasteiger partial charge in [-0.15, -0.1) is 12.3 Å². The maximum absolute atomic E-state index is 5.75. The van der Waals surface area contributed by atoms with Crippen molar-refractivity contribution in [3.05, 3.63) is 10.0 Å². The van der Waals surface area contributed by atoms with Gasteiger partial charge in [-0.05, 0) is 22.6 Å². The first kappa shape index (κ1) is 10.2. The highest BCUT2D eigenvalue weighted by molar-refractivity contribution is 14.1. The van der Waals surface area contributed by atoms with Gasteiger partial charge in [-0.3, -0.25) is 0 Å². The first-order valence-corrected chi connectivity index (χ1v) is 5.38. The Morgan fingerprint density at radius 3 is 3.07 bits per heavy atom. The number of nitrogen functional groups attached to an aromatic ring is 1. The summed E-state index contributed by atoms with van der Waals surface area (Å²) in [5.74, 6) is 3.02. The van der Waals surface area contributed by atoms with Gasteiger partial charge in [-0.2, -0.15) is 5.10 Å². The van der Waals surface area contributed by atoms with E-state index in [-0.39, 0.29) is 0 Å². The van der Waals surface area contributed by atoms with Crippen LogP contribution in [0.25, 0.3) is 11.0 Å². The van der Waals surface area contributed by atoms with Crippen LogP contribution < -0.4 is 5.73 Å². The maximum Gasteiger partial charge on any atom is 0.164 e. The standard InChI is InChI=1S/C9H8IN5/c1-2-3-4-15-9-6(7(10)14-15)8(11)12-5-13-9/h1,5H,3-4H2,(H2,11,12,13). The number of hydrogen-bond donors (Lipinski definition) is 1. The topological polar surface area (TPSA) is 69.6 Å². The number of terminal acetylenes is 1. The molecule has 0 spiro atoms. The van der Waals surface area contributed by atoms with Gasteiger partial charge >= 0.3 is 0 Å². The van der Waals surface area contributed by atoms with E-state index >= 15 is 0 Å². The highest BCUT2D eigenvalue weighted by Gasteiger charge is 2.12. The summed E-state index contributed by atoms with van der Waals surface area (Å²) in [4.78, 5) is 8.08. The largest absolute Gasteiger partial charge is 0.383 e. The lowest BCUT2D eigenvalue weighted by molar-refractivity contribution is 0.641. The highest BCUT2D eigenvalue weighted by Crippen LogP contribution is 2.22. The minimum atomic E-state index is 0.455. The Kier molecular flexibility index (Phi) is 2.73. The van der Waals surface area contributed by atoms with Crippen molar-refractivity contribution < 1.29 is 0 Å². The van der Waals surface area contributed by atoms with Gasteiger partial charge in [0.2, 0.25) is 0 Å². The third-order valence-corrected chi connectivity index (χ3v) is 2.74. The van der Waals surface area contributed by atoms with E-state index in [0.717, 1.165) is 14.7 Å². The molecule has 0 aromatic carbocycles. The molecule has 6 heteroatoms. The van der Waals surface area contributed by atoms with Gasteiger partial charge < -0.3 is 5.73 Å². The molecule has 2 rings (SSSR count).